The Labute approximate surface area is 328 Å². The number of aromatic amines is 1. The Hall–Kier alpha value is -2.95. The molecule has 6 heteroatoms. The van der Waals surface area contributed by atoms with E-state index in [1.807, 2.05) is 0 Å². The molecule has 0 saturated heterocycles. The van der Waals surface area contributed by atoms with E-state index in [0.717, 1.165) is 72.1 Å². The van der Waals surface area contributed by atoms with Gasteiger partial charge < -0.3 is 14.5 Å². The van der Waals surface area contributed by atoms with Gasteiger partial charge in [0.1, 0.15) is 16.5 Å². The maximum absolute atomic E-state index is 7.60. The van der Waals surface area contributed by atoms with E-state index in [9.17, 15) is 0 Å². The first-order valence-corrected chi connectivity index (χ1v) is 21.4. The van der Waals surface area contributed by atoms with Gasteiger partial charge in [0.15, 0.2) is 17.2 Å². The molecule has 7 rings (SSSR count). The van der Waals surface area contributed by atoms with Crippen LogP contribution in [0.3, 0.4) is 0 Å². The number of allylic oxidation sites excluding steroid dienone is 1. The fourth-order valence-electron chi connectivity index (χ4n) is 8.97. The van der Waals surface area contributed by atoms with E-state index in [-0.39, 0.29) is 16.7 Å². The average molecular weight is 756 g/mol. The highest BCUT2D eigenvalue weighted by Gasteiger charge is 2.38. The fraction of sp³-hybridized carbons (Fsp3) is 0.553. The molecule has 0 amide bonds. The molecule has 3 fully saturated rings. The number of ether oxygens (including phenoxy) is 2. The molecular weight excluding hydrogens is 695 g/mol. The number of nitrogens with one attached hydrogen (secondary N) is 1. The third-order valence-electron chi connectivity index (χ3n) is 12.2. The Morgan fingerprint density at radius 3 is 1.60 bits per heavy atom. The Kier molecular flexibility index (Phi) is 11.6. The molecule has 3 aromatic rings. The number of rotatable bonds is 8. The van der Waals surface area contributed by atoms with Gasteiger partial charge >= 0.3 is 0 Å². The molecule has 284 valence electrons. The maximum Gasteiger partial charge on any atom is 0.180 e. The van der Waals surface area contributed by atoms with Crippen LogP contribution in [-0.4, -0.2) is 10.7 Å². The number of aromatic nitrogens is 1. The Morgan fingerprint density at radius 1 is 0.623 bits per heavy atom. The summed E-state index contributed by atoms with van der Waals surface area (Å²) in [4.78, 5) is 9.43. The highest BCUT2D eigenvalue weighted by molar-refractivity contribution is 6.45. The lowest BCUT2D eigenvalue weighted by molar-refractivity contribution is 0.426. The van der Waals surface area contributed by atoms with Crippen LogP contribution in [0.2, 0.25) is 5.02 Å². The highest BCUT2D eigenvalue weighted by Crippen LogP contribution is 2.49. The molecule has 4 aliphatic rings. The highest BCUT2D eigenvalue weighted by atomic mass is 35.5. The third kappa shape index (κ3) is 8.50. The number of H-pyrrole nitrogens is 1. The zero-order valence-electron chi connectivity index (χ0n) is 33.0. The first-order chi connectivity index (χ1) is 25.4. The van der Waals surface area contributed by atoms with Gasteiger partial charge in [0, 0.05) is 23.1 Å². The predicted octanol–water partition coefficient (Wildman–Crippen LogP) is 14.7. The van der Waals surface area contributed by atoms with E-state index in [1.54, 1.807) is 0 Å². The normalized spacial score (nSPS) is 20.9. The molecule has 53 heavy (non-hydrogen) atoms. The second-order valence-corrected chi connectivity index (χ2v) is 19.0. The van der Waals surface area contributed by atoms with Crippen molar-refractivity contribution in [1.82, 2.24) is 4.98 Å². The van der Waals surface area contributed by atoms with Crippen LogP contribution in [0.5, 0.6) is 11.5 Å². The second-order valence-electron chi connectivity index (χ2n) is 18.2. The molecule has 0 radical (unpaired) electrons. The van der Waals surface area contributed by atoms with Gasteiger partial charge in [-0.3, -0.25) is 0 Å². The van der Waals surface area contributed by atoms with Gasteiger partial charge in [0.25, 0.3) is 0 Å². The summed E-state index contributed by atoms with van der Waals surface area (Å²) in [6, 6.07) is 17.0. The minimum absolute atomic E-state index is 0.0281. The molecular formula is C47H60Cl2N2O2. The summed E-state index contributed by atoms with van der Waals surface area (Å²) in [6.45, 7) is 13.4. The summed E-state index contributed by atoms with van der Waals surface area (Å²) in [7, 11) is 0. The summed E-state index contributed by atoms with van der Waals surface area (Å²) in [6.07, 6.45) is 17.8. The molecule has 1 N–H and O–H groups in total. The van der Waals surface area contributed by atoms with Gasteiger partial charge in [-0.25, -0.2) is 4.99 Å². The molecule has 3 saturated carbocycles. The van der Waals surface area contributed by atoms with Crippen molar-refractivity contribution < 1.29 is 9.47 Å². The van der Waals surface area contributed by atoms with Crippen LogP contribution >= 0.6 is 23.2 Å². The molecule has 2 aromatic carbocycles. The smallest absolute Gasteiger partial charge is 0.180 e. The van der Waals surface area contributed by atoms with Crippen LogP contribution in [0, 0.1) is 5.92 Å². The predicted molar refractivity (Wildman–Crippen MR) is 223 cm³/mol. The number of benzene rings is 2. The molecule has 0 spiro atoms. The Balaban J connectivity index is 1.43. The number of nitrogens with zero attached hydrogens (tertiary/aromatic N) is 1. The van der Waals surface area contributed by atoms with Crippen LogP contribution in [0.15, 0.2) is 70.0 Å². The van der Waals surface area contributed by atoms with E-state index >= 15 is 0 Å². The van der Waals surface area contributed by atoms with Crippen LogP contribution in [0.25, 0.3) is 5.76 Å². The molecule has 3 aliphatic carbocycles. The molecule has 0 unspecified atom stereocenters. The quantitative estimate of drug-likeness (QED) is 0.233. The zero-order chi connectivity index (χ0) is 37.3. The van der Waals surface area contributed by atoms with Crippen LogP contribution in [0.4, 0.5) is 0 Å². The van der Waals surface area contributed by atoms with Crippen LogP contribution < -0.4 is 9.47 Å². The number of halogens is 2. The first-order valence-electron chi connectivity index (χ1n) is 20.6. The van der Waals surface area contributed by atoms with Gasteiger partial charge in [0.2, 0.25) is 0 Å². The van der Waals surface area contributed by atoms with E-state index in [2.05, 4.69) is 95.1 Å². The van der Waals surface area contributed by atoms with Crippen molar-refractivity contribution in [2.75, 3.05) is 0 Å². The van der Waals surface area contributed by atoms with Crippen molar-refractivity contribution >= 4 is 34.7 Å². The van der Waals surface area contributed by atoms with E-state index < -0.39 is 0 Å². The van der Waals surface area contributed by atoms with Crippen molar-refractivity contribution in [2.45, 2.75) is 161 Å². The summed E-state index contributed by atoms with van der Waals surface area (Å²) in [5.74, 6) is 3.75. The van der Waals surface area contributed by atoms with Crippen molar-refractivity contribution in [3.05, 3.63) is 98.1 Å². The molecule has 0 atom stereocenters. The number of hydrogen-bond acceptors (Lipinski definition) is 3. The second kappa shape index (κ2) is 16.0. The minimum atomic E-state index is 0.0281. The van der Waals surface area contributed by atoms with Crippen LogP contribution in [0.1, 0.15) is 178 Å². The lowest BCUT2D eigenvalue weighted by Gasteiger charge is -2.24. The number of hydrogen-bond donors (Lipinski definition) is 1. The van der Waals surface area contributed by atoms with E-state index in [1.165, 1.54) is 74.5 Å². The first kappa shape index (κ1) is 38.3. The van der Waals surface area contributed by atoms with Gasteiger partial charge in [-0.1, -0.05) is 147 Å². The van der Waals surface area contributed by atoms with Crippen molar-refractivity contribution in [2.24, 2.45) is 10.9 Å². The van der Waals surface area contributed by atoms with Crippen molar-refractivity contribution in [1.29, 1.82) is 0 Å². The lowest BCUT2D eigenvalue weighted by Crippen LogP contribution is -2.17. The van der Waals surface area contributed by atoms with E-state index in [4.69, 9.17) is 37.7 Å². The molecule has 0 bridgehead atoms. The maximum atomic E-state index is 7.60. The van der Waals surface area contributed by atoms with Gasteiger partial charge in [-0.15, -0.1) is 0 Å². The van der Waals surface area contributed by atoms with Crippen molar-refractivity contribution in [3.63, 3.8) is 0 Å². The molecule has 1 aromatic heterocycles. The largest absolute Gasteiger partial charge is 0.453 e. The van der Waals surface area contributed by atoms with Gasteiger partial charge in [-0.2, -0.15) is 0 Å². The minimum Gasteiger partial charge on any atom is -0.453 e. The Bertz CT molecular complexity index is 1830. The summed E-state index contributed by atoms with van der Waals surface area (Å²) < 4.78 is 14.0. The monoisotopic (exact) mass is 754 g/mol. The summed E-state index contributed by atoms with van der Waals surface area (Å²) in [5, 5.41) is 1.49. The Morgan fingerprint density at radius 2 is 1.09 bits per heavy atom. The summed E-state index contributed by atoms with van der Waals surface area (Å²) in [5.41, 5.74) is 7.45. The number of aliphatic imine (C=N–C) groups is 1. The van der Waals surface area contributed by atoms with E-state index in [0.29, 0.717) is 34.1 Å². The molecule has 4 nitrogen and oxygen atoms in total. The summed E-state index contributed by atoms with van der Waals surface area (Å²) >= 11 is 15.1. The molecule has 1 aliphatic heterocycles. The van der Waals surface area contributed by atoms with Crippen molar-refractivity contribution in [3.8, 4) is 11.5 Å². The SMILES string of the molecule is CC(C)(C)c1ccc(OC2=C(Cl)C(C3CCCCC3)=N/C2=C(/Oc2ccc(C(C)(C)C)cc2)c2[nH]c(C3CCCCC3)c(Cl)c2C2CCCCC2)cc1. The van der Waals surface area contributed by atoms with Gasteiger partial charge in [0.05, 0.1) is 16.4 Å². The third-order valence-corrected chi connectivity index (χ3v) is 13.0. The topological polar surface area (TPSA) is 46.6 Å². The molecule has 2 heterocycles. The van der Waals surface area contributed by atoms with Crippen LogP contribution in [-0.2, 0) is 10.8 Å². The lowest BCUT2D eigenvalue weighted by atomic mass is 9.82. The van der Waals surface area contributed by atoms with Gasteiger partial charge in [-0.05, 0) is 90.7 Å². The zero-order valence-corrected chi connectivity index (χ0v) is 34.5. The standard InChI is InChI=1S/C47H60Cl2N2O2/c1-46(2,3)33-22-26-35(27-23-33)52-44-39(49)41(32-20-14-9-15-21-32)51-43(44)45(53-36-28-24-34(25-29-36)47(4,5)6)42-37(30-16-10-7-11-17-30)38(48)40(50-42)31-18-12-8-13-19-31/h22-32,50H,7-21H2,1-6H3/b45-43+. The average Bonchev–Trinajstić information content (AvgIpc) is 3.67. The fourth-order valence-corrected chi connectivity index (χ4v) is 9.75.